The van der Waals surface area contributed by atoms with Gasteiger partial charge in [-0.2, -0.15) is 0 Å². The molecule has 0 aliphatic rings. The smallest absolute Gasteiger partial charge is 0.164 e. The Bertz CT molecular complexity index is 2620. The summed E-state index contributed by atoms with van der Waals surface area (Å²) in [7, 11) is 0. The number of rotatable bonds is 5. The first-order valence-electron chi connectivity index (χ1n) is 16.1. The first-order chi connectivity index (χ1) is 23.7. The molecule has 0 N–H and O–H groups in total. The molecular formula is C44H29N3O. The Morgan fingerprint density at radius 1 is 0.375 bits per heavy atom. The second-order valence-electron chi connectivity index (χ2n) is 12.1. The normalized spacial score (nSPS) is 11.4. The molecule has 0 atom stereocenters. The van der Waals surface area contributed by atoms with Gasteiger partial charge in [0, 0.05) is 27.5 Å². The lowest BCUT2D eigenvalue weighted by Gasteiger charge is -2.14. The lowest BCUT2D eigenvalue weighted by molar-refractivity contribution is 0.669. The summed E-state index contributed by atoms with van der Waals surface area (Å²) in [5.74, 6) is 1.85. The average Bonchev–Trinajstić information content (AvgIpc) is 3.53. The van der Waals surface area contributed by atoms with Crippen LogP contribution >= 0.6 is 0 Å². The Hall–Kier alpha value is -6.39. The summed E-state index contributed by atoms with van der Waals surface area (Å²) < 4.78 is 6.46. The van der Waals surface area contributed by atoms with Crippen molar-refractivity contribution in [2.45, 2.75) is 6.92 Å². The van der Waals surface area contributed by atoms with Crippen LogP contribution in [0.2, 0.25) is 0 Å². The highest BCUT2D eigenvalue weighted by atomic mass is 16.3. The van der Waals surface area contributed by atoms with Crippen molar-refractivity contribution in [1.82, 2.24) is 15.0 Å². The zero-order valence-corrected chi connectivity index (χ0v) is 26.3. The van der Waals surface area contributed by atoms with Crippen molar-refractivity contribution in [2.75, 3.05) is 0 Å². The third-order valence-electron chi connectivity index (χ3n) is 9.11. The molecule has 0 saturated carbocycles. The molecule has 0 unspecified atom stereocenters. The monoisotopic (exact) mass is 615 g/mol. The molecule has 4 heteroatoms. The Morgan fingerprint density at radius 3 is 1.75 bits per heavy atom. The van der Waals surface area contributed by atoms with Crippen LogP contribution in [-0.4, -0.2) is 15.0 Å². The van der Waals surface area contributed by atoms with E-state index in [9.17, 15) is 0 Å². The molecule has 226 valence electrons. The van der Waals surface area contributed by atoms with Gasteiger partial charge in [-0.25, -0.2) is 15.0 Å². The van der Waals surface area contributed by atoms with E-state index in [2.05, 4.69) is 116 Å². The Balaban J connectivity index is 1.24. The molecule has 2 aromatic heterocycles. The molecule has 9 rings (SSSR count). The first kappa shape index (κ1) is 27.9. The molecule has 4 nitrogen and oxygen atoms in total. The van der Waals surface area contributed by atoms with Gasteiger partial charge in [-0.3, -0.25) is 0 Å². The highest BCUT2D eigenvalue weighted by molar-refractivity contribution is 6.13. The molecule has 0 amide bonds. The number of benzene rings is 7. The van der Waals surface area contributed by atoms with Crippen LogP contribution < -0.4 is 0 Å². The number of nitrogens with zero attached hydrogens (tertiary/aromatic N) is 3. The van der Waals surface area contributed by atoms with Crippen molar-refractivity contribution in [3.8, 4) is 56.4 Å². The lowest BCUT2D eigenvalue weighted by atomic mass is 9.92. The zero-order valence-electron chi connectivity index (χ0n) is 26.3. The summed E-state index contributed by atoms with van der Waals surface area (Å²) in [6, 6.07) is 54.4. The van der Waals surface area contributed by atoms with E-state index in [4.69, 9.17) is 19.4 Å². The van der Waals surface area contributed by atoms with Gasteiger partial charge in [0.1, 0.15) is 11.2 Å². The summed E-state index contributed by atoms with van der Waals surface area (Å²) in [5, 5.41) is 4.41. The quantitative estimate of drug-likeness (QED) is 0.193. The first-order valence-corrected chi connectivity index (χ1v) is 16.1. The third-order valence-corrected chi connectivity index (χ3v) is 9.11. The molecule has 0 bridgehead atoms. The molecule has 48 heavy (non-hydrogen) atoms. The van der Waals surface area contributed by atoms with E-state index < -0.39 is 0 Å². The van der Waals surface area contributed by atoms with Crippen molar-refractivity contribution < 1.29 is 4.42 Å². The second kappa shape index (κ2) is 11.4. The summed E-state index contributed by atoms with van der Waals surface area (Å²) >= 11 is 0. The van der Waals surface area contributed by atoms with Crippen molar-refractivity contribution >= 4 is 32.7 Å². The van der Waals surface area contributed by atoms with Crippen LogP contribution in [0.25, 0.3) is 89.1 Å². The fourth-order valence-electron chi connectivity index (χ4n) is 6.77. The van der Waals surface area contributed by atoms with E-state index in [1.165, 1.54) is 16.7 Å². The van der Waals surface area contributed by atoms with Crippen molar-refractivity contribution in [3.63, 3.8) is 0 Å². The van der Waals surface area contributed by atoms with E-state index in [1.807, 2.05) is 48.5 Å². The largest absolute Gasteiger partial charge is 0.456 e. The molecule has 2 heterocycles. The van der Waals surface area contributed by atoms with Gasteiger partial charge in [-0.05, 0) is 69.8 Å². The summed E-state index contributed by atoms with van der Waals surface area (Å²) in [5.41, 5.74) is 10.4. The average molecular weight is 616 g/mol. The van der Waals surface area contributed by atoms with Crippen LogP contribution in [0.5, 0.6) is 0 Å². The molecule has 7 aromatic carbocycles. The minimum Gasteiger partial charge on any atom is -0.456 e. The maximum Gasteiger partial charge on any atom is 0.164 e. The standard InChI is InChI=1S/C44H29N3O/c1-28-13-8-9-18-32(28)36-25-26-37(35-20-11-10-19-34(35)36)44-46-42(30-16-6-3-7-17-30)45-43(47-44)31-23-24-38-40(27-31)48-39-22-12-21-33(41(38)39)29-14-4-2-5-15-29/h2-27H,1H3. The molecule has 9 aromatic rings. The second-order valence-corrected chi connectivity index (χ2v) is 12.1. The van der Waals surface area contributed by atoms with Crippen LogP contribution in [0.15, 0.2) is 162 Å². The third kappa shape index (κ3) is 4.74. The highest BCUT2D eigenvalue weighted by Crippen LogP contribution is 2.39. The van der Waals surface area contributed by atoms with E-state index in [-0.39, 0.29) is 0 Å². The fraction of sp³-hybridized carbons (Fsp3) is 0.0227. The molecule has 0 radical (unpaired) electrons. The Morgan fingerprint density at radius 2 is 0.979 bits per heavy atom. The van der Waals surface area contributed by atoms with Gasteiger partial charge < -0.3 is 4.42 Å². The van der Waals surface area contributed by atoms with Gasteiger partial charge in [-0.1, -0.05) is 133 Å². The van der Waals surface area contributed by atoms with Crippen LogP contribution in [-0.2, 0) is 0 Å². The minimum atomic E-state index is 0.594. The van der Waals surface area contributed by atoms with E-state index in [0.29, 0.717) is 17.5 Å². The van der Waals surface area contributed by atoms with Crippen LogP contribution in [0.3, 0.4) is 0 Å². The summed E-state index contributed by atoms with van der Waals surface area (Å²) in [4.78, 5) is 15.2. The van der Waals surface area contributed by atoms with Gasteiger partial charge in [-0.15, -0.1) is 0 Å². The minimum absolute atomic E-state index is 0.594. The number of aromatic nitrogens is 3. The predicted molar refractivity (Wildman–Crippen MR) is 197 cm³/mol. The molecule has 0 spiro atoms. The Labute approximate surface area is 278 Å². The van der Waals surface area contributed by atoms with Crippen molar-refractivity contribution in [1.29, 1.82) is 0 Å². The summed E-state index contributed by atoms with van der Waals surface area (Å²) in [6.07, 6.45) is 0. The fourth-order valence-corrected chi connectivity index (χ4v) is 6.77. The molecular weight excluding hydrogens is 587 g/mol. The van der Waals surface area contributed by atoms with Crippen LogP contribution in [0.1, 0.15) is 5.56 Å². The van der Waals surface area contributed by atoms with E-state index in [1.54, 1.807) is 0 Å². The number of furan rings is 1. The number of hydrogen-bond donors (Lipinski definition) is 0. The van der Waals surface area contributed by atoms with Crippen LogP contribution in [0.4, 0.5) is 0 Å². The van der Waals surface area contributed by atoms with Crippen molar-refractivity contribution in [3.05, 3.63) is 163 Å². The van der Waals surface area contributed by atoms with E-state index >= 15 is 0 Å². The van der Waals surface area contributed by atoms with Crippen LogP contribution in [0, 0.1) is 6.92 Å². The Kier molecular flexibility index (Phi) is 6.65. The maximum atomic E-state index is 6.46. The van der Waals surface area contributed by atoms with Crippen molar-refractivity contribution in [2.24, 2.45) is 0 Å². The van der Waals surface area contributed by atoms with Gasteiger partial charge in [0.2, 0.25) is 0 Å². The number of fused-ring (bicyclic) bond motifs is 4. The SMILES string of the molecule is Cc1ccccc1-c1ccc(-c2nc(-c3ccccc3)nc(-c3ccc4c(c3)oc3cccc(-c5ccccc5)c34)n2)c2ccccc12. The molecule has 0 saturated heterocycles. The predicted octanol–water partition coefficient (Wildman–Crippen LogP) is 11.6. The van der Waals surface area contributed by atoms with Gasteiger partial charge in [0.25, 0.3) is 0 Å². The molecule has 0 aliphatic heterocycles. The molecule has 0 aliphatic carbocycles. The highest BCUT2D eigenvalue weighted by Gasteiger charge is 2.18. The van der Waals surface area contributed by atoms with Gasteiger partial charge in [0.15, 0.2) is 17.5 Å². The van der Waals surface area contributed by atoms with Gasteiger partial charge >= 0.3 is 0 Å². The number of hydrogen-bond acceptors (Lipinski definition) is 4. The van der Waals surface area contributed by atoms with E-state index in [0.717, 1.165) is 60.5 Å². The van der Waals surface area contributed by atoms with Gasteiger partial charge in [0.05, 0.1) is 0 Å². The summed E-state index contributed by atoms with van der Waals surface area (Å²) in [6.45, 7) is 2.16. The maximum absolute atomic E-state index is 6.46. The number of aryl methyl sites for hydroxylation is 1. The zero-order chi connectivity index (χ0) is 32.0. The lowest BCUT2D eigenvalue weighted by Crippen LogP contribution is -2.00. The topological polar surface area (TPSA) is 51.8 Å². The molecule has 0 fully saturated rings.